The standard InChI is InChI=1S/C17H15FN4O2/c1-2-22-15-13(7-4-8-19-15)21-14(17(22)24)16(23)20-10-11-5-3-6-12(18)9-11/h3-9H,2,10H2,1H3,(H,20,23). The third-order valence-electron chi connectivity index (χ3n) is 3.58. The van der Waals surface area contributed by atoms with Crippen molar-refractivity contribution < 1.29 is 9.18 Å². The molecule has 1 aromatic carbocycles. The number of benzene rings is 1. The Hall–Kier alpha value is -3.09. The molecule has 0 fully saturated rings. The van der Waals surface area contributed by atoms with Crippen molar-refractivity contribution in [3.8, 4) is 0 Å². The Morgan fingerprint density at radius 2 is 2.12 bits per heavy atom. The second-order valence-electron chi connectivity index (χ2n) is 5.17. The fourth-order valence-electron chi connectivity index (χ4n) is 2.43. The summed E-state index contributed by atoms with van der Waals surface area (Å²) in [5, 5.41) is 2.60. The number of rotatable bonds is 4. The number of aromatic nitrogens is 3. The van der Waals surface area contributed by atoms with Gasteiger partial charge in [-0.05, 0) is 36.8 Å². The molecule has 0 saturated carbocycles. The largest absolute Gasteiger partial charge is 0.346 e. The van der Waals surface area contributed by atoms with Gasteiger partial charge in [-0.3, -0.25) is 14.2 Å². The molecule has 0 spiro atoms. The number of nitrogens with zero attached hydrogens (tertiary/aromatic N) is 3. The molecule has 0 aliphatic carbocycles. The summed E-state index contributed by atoms with van der Waals surface area (Å²) in [6.07, 6.45) is 1.57. The first-order chi connectivity index (χ1) is 11.6. The molecule has 1 amide bonds. The number of nitrogens with one attached hydrogen (secondary N) is 1. The summed E-state index contributed by atoms with van der Waals surface area (Å²) in [5.41, 5.74) is 0.803. The van der Waals surface area contributed by atoms with Gasteiger partial charge in [0.25, 0.3) is 11.5 Å². The van der Waals surface area contributed by atoms with Gasteiger partial charge in [0.2, 0.25) is 0 Å². The molecule has 24 heavy (non-hydrogen) atoms. The highest BCUT2D eigenvalue weighted by atomic mass is 19.1. The first-order valence-electron chi connectivity index (χ1n) is 7.48. The van der Waals surface area contributed by atoms with E-state index in [-0.39, 0.29) is 18.1 Å². The molecule has 3 aromatic rings. The topological polar surface area (TPSA) is 76.9 Å². The Morgan fingerprint density at radius 1 is 1.29 bits per heavy atom. The Kier molecular flexibility index (Phi) is 4.33. The van der Waals surface area contributed by atoms with Crippen molar-refractivity contribution in [2.75, 3.05) is 0 Å². The lowest BCUT2D eigenvalue weighted by Gasteiger charge is -2.09. The number of hydrogen-bond donors (Lipinski definition) is 1. The van der Waals surface area contributed by atoms with Crippen molar-refractivity contribution in [3.05, 3.63) is 70.0 Å². The van der Waals surface area contributed by atoms with Gasteiger partial charge in [0.05, 0.1) is 0 Å². The summed E-state index contributed by atoms with van der Waals surface area (Å²) in [6, 6.07) is 9.27. The van der Waals surface area contributed by atoms with Crippen molar-refractivity contribution in [2.24, 2.45) is 0 Å². The summed E-state index contributed by atoms with van der Waals surface area (Å²) in [7, 11) is 0. The van der Waals surface area contributed by atoms with Crippen LogP contribution >= 0.6 is 0 Å². The van der Waals surface area contributed by atoms with Crippen molar-refractivity contribution in [3.63, 3.8) is 0 Å². The number of carbonyl (C=O) groups excluding carboxylic acids is 1. The molecule has 0 bridgehead atoms. The Morgan fingerprint density at radius 3 is 2.88 bits per heavy atom. The molecule has 1 N–H and O–H groups in total. The second kappa shape index (κ2) is 6.57. The molecule has 7 heteroatoms. The van der Waals surface area contributed by atoms with Gasteiger partial charge < -0.3 is 5.32 Å². The fourth-order valence-corrected chi connectivity index (χ4v) is 2.43. The van der Waals surface area contributed by atoms with Crippen LogP contribution in [0, 0.1) is 5.82 Å². The molecule has 0 radical (unpaired) electrons. The lowest BCUT2D eigenvalue weighted by molar-refractivity contribution is 0.0944. The molecule has 2 aromatic heterocycles. The van der Waals surface area contributed by atoms with Crippen LogP contribution in [0.3, 0.4) is 0 Å². The number of amides is 1. The van der Waals surface area contributed by atoms with Gasteiger partial charge in [0, 0.05) is 19.3 Å². The summed E-state index contributed by atoms with van der Waals surface area (Å²) in [4.78, 5) is 33.1. The molecule has 0 aliphatic rings. The van der Waals surface area contributed by atoms with Crippen LogP contribution in [0.5, 0.6) is 0 Å². The predicted octanol–water partition coefficient (Wildman–Crippen LogP) is 1.88. The van der Waals surface area contributed by atoms with Crippen LogP contribution in [0.1, 0.15) is 23.0 Å². The van der Waals surface area contributed by atoms with Crippen LogP contribution in [0.25, 0.3) is 11.2 Å². The molecular formula is C17H15FN4O2. The first-order valence-corrected chi connectivity index (χ1v) is 7.48. The third kappa shape index (κ3) is 3.01. The number of fused-ring (bicyclic) bond motifs is 1. The van der Waals surface area contributed by atoms with Crippen molar-refractivity contribution >= 4 is 17.1 Å². The SMILES string of the molecule is CCn1c(=O)c(C(=O)NCc2cccc(F)c2)nc2cccnc21. The van der Waals surface area contributed by atoms with E-state index in [4.69, 9.17) is 0 Å². The molecule has 0 saturated heterocycles. The van der Waals surface area contributed by atoms with E-state index >= 15 is 0 Å². The van der Waals surface area contributed by atoms with Crippen LogP contribution in [0.15, 0.2) is 47.4 Å². The minimum atomic E-state index is -0.600. The van der Waals surface area contributed by atoms with Gasteiger partial charge in [0.1, 0.15) is 11.3 Å². The summed E-state index contributed by atoms with van der Waals surface area (Å²) in [5.74, 6) is -0.984. The smallest absolute Gasteiger partial charge is 0.283 e. The van der Waals surface area contributed by atoms with E-state index in [0.29, 0.717) is 23.3 Å². The van der Waals surface area contributed by atoms with E-state index in [1.807, 2.05) is 0 Å². The van der Waals surface area contributed by atoms with Crippen LogP contribution in [-0.2, 0) is 13.1 Å². The lowest BCUT2D eigenvalue weighted by atomic mass is 10.2. The Labute approximate surface area is 137 Å². The van der Waals surface area contributed by atoms with Crippen molar-refractivity contribution in [2.45, 2.75) is 20.0 Å². The van der Waals surface area contributed by atoms with E-state index in [2.05, 4.69) is 15.3 Å². The minimum absolute atomic E-state index is 0.106. The minimum Gasteiger partial charge on any atom is -0.346 e. The van der Waals surface area contributed by atoms with Crippen LogP contribution < -0.4 is 10.9 Å². The maximum atomic E-state index is 13.2. The lowest BCUT2D eigenvalue weighted by Crippen LogP contribution is -2.34. The molecule has 122 valence electrons. The van der Waals surface area contributed by atoms with Gasteiger partial charge in [-0.25, -0.2) is 14.4 Å². The monoisotopic (exact) mass is 326 g/mol. The first kappa shape index (κ1) is 15.8. The van der Waals surface area contributed by atoms with Crippen LogP contribution in [-0.4, -0.2) is 20.4 Å². The van der Waals surface area contributed by atoms with E-state index < -0.39 is 11.5 Å². The zero-order chi connectivity index (χ0) is 17.1. The average Bonchev–Trinajstić information content (AvgIpc) is 2.59. The van der Waals surface area contributed by atoms with E-state index in [0.717, 1.165) is 0 Å². The molecular weight excluding hydrogens is 311 g/mol. The summed E-state index contributed by atoms with van der Waals surface area (Å²) < 4.78 is 14.6. The van der Waals surface area contributed by atoms with Crippen molar-refractivity contribution in [1.29, 1.82) is 0 Å². The van der Waals surface area contributed by atoms with E-state index in [1.165, 1.54) is 16.7 Å². The molecule has 6 nitrogen and oxygen atoms in total. The zero-order valence-electron chi connectivity index (χ0n) is 13.0. The molecule has 3 rings (SSSR count). The van der Waals surface area contributed by atoms with Gasteiger partial charge in [-0.2, -0.15) is 0 Å². The van der Waals surface area contributed by atoms with E-state index in [1.54, 1.807) is 37.4 Å². The third-order valence-corrected chi connectivity index (χ3v) is 3.58. The van der Waals surface area contributed by atoms with Gasteiger partial charge >= 0.3 is 0 Å². The van der Waals surface area contributed by atoms with Crippen molar-refractivity contribution in [1.82, 2.24) is 19.9 Å². The maximum absolute atomic E-state index is 13.2. The fraction of sp³-hybridized carbons (Fsp3) is 0.176. The molecule has 0 aliphatic heterocycles. The normalized spacial score (nSPS) is 10.8. The second-order valence-corrected chi connectivity index (χ2v) is 5.17. The molecule has 0 atom stereocenters. The van der Waals surface area contributed by atoms with Crippen LogP contribution in [0.2, 0.25) is 0 Å². The highest BCUT2D eigenvalue weighted by Crippen LogP contribution is 2.07. The average molecular weight is 326 g/mol. The summed E-state index contributed by atoms with van der Waals surface area (Å²) in [6.45, 7) is 2.28. The molecule has 0 unspecified atom stereocenters. The van der Waals surface area contributed by atoms with Crippen LogP contribution in [0.4, 0.5) is 4.39 Å². The highest BCUT2D eigenvalue weighted by Gasteiger charge is 2.17. The zero-order valence-corrected chi connectivity index (χ0v) is 13.0. The highest BCUT2D eigenvalue weighted by molar-refractivity contribution is 5.93. The number of halogens is 1. The number of carbonyl (C=O) groups is 1. The number of aryl methyl sites for hydroxylation is 1. The van der Waals surface area contributed by atoms with Gasteiger partial charge in [-0.15, -0.1) is 0 Å². The van der Waals surface area contributed by atoms with Gasteiger partial charge in [-0.1, -0.05) is 12.1 Å². The molecule has 2 heterocycles. The van der Waals surface area contributed by atoms with Gasteiger partial charge in [0.15, 0.2) is 11.3 Å². The quantitative estimate of drug-likeness (QED) is 0.794. The maximum Gasteiger partial charge on any atom is 0.283 e. The number of hydrogen-bond acceptors (Lipinski definition) is 4. The summed E-state index contributed by atoms with van der Waals surface area (Å²) >= 11 is 0. The number of pyridine rings is 1. The predicted molar refractivity (Wildman–Crippen MR) is 87.0 cm³/mol. The Bertz CT molecular complexity index is 968. The Balaban J connectivity index is 1.92. The van der Waals surface area contributed by atoms with E-state index in [9.17, 15) is 14.0 Å².